The Labute approximate surface area is 120 Å². The van der Waals surface area contributed by atoms with Crippen LogP contribution < -0.4 is 5.32 Å². The smallest absolute Gasteiger partial charge is 0.229 e. The van der Waals surface area contributed by atoms with Crippen LogP contribution in [0, 0.1) is 31.0 Å². The number of hydrogen-bond donors (Lipinski definition) is 1. The SMILES string of the molecule is Cc1sc(NC(=O)Cc2cccc(F)c2)c(C#N)c1C. The summed E-state index contributed by atoms with van der Waals surface area (Å²) in [7, 11) is 0. The molecule has 0 bridgehead atoms. The quantitative estimate of drug-likeness (QED) is 0.939. The summed E-state index contributed by atoms with van der Waals surface area (Å²) in [6.45, 7) is 3.76. The lowest BCUT2D eigenvalue weighted by Gasteiger charge is -2.04. The average molecular weight is 288 g/mol. The second-order valence-electron chi connectivity index (χ2n) is 4.45. The van der Waals surface area contributed by atoms with E-state index in [0.717, 1.165) is 10.4 Å². The van der Waals surface area contributed by atoms with Gasteiger partial charge in [0.2, 0.25) is 5.91 Å². The van der Waals surface area contributed by atoms with E-state index in [4.69, 9.17) is 5.26 Å². The van der Waals surface area contributed by atoms with Crippen LogP contribution in [-0.2, 0) is 11.2 Å². The highest BCUT2D eigenvalue weighted by molar-refractivity contribution is 7.16. The first kappa shape index (κ1) is 14.2. The molecule has 1 N–H and O–H groups in total. The van der Waals surface area contributed by atoms with Crippen LogP contribution in [0.3, 0.4) is 0 Å². The van der Waals surface area contributed by atoms with Gasteiger partial charge in [-0.05, 0) is 37.1 Å². The maximum absolute atomic E-state index is 13.0. The highest BCUT2D eigenvalue weighted by Gasteiger charge is 2.14. The number of anilines is 1. The minimum Gasteiger partial charge on any atom is -0.316 e. The third-order valence-corrected chi connectivity index (χ3v) is 4.13. The van der Waals surface area contributed by atoms with Crippen molar-refractivity contribution in [2.75, 3.05) is 5.32 Å². The molecule has 0 fully saturated rings. The van der Waals surface area contributed by atoms with Gasteiger partial charge in [-0.15, -0.1) is 11.3 Å². The molecule has 1 aromatic heterocycles. The fraction of sp³-hybridized carbons (Fsp3) is 0.200. The fourth-order valence-electron chi connectivity index (χ4n) is 1.85. The molecule has 2 rings (SSSR count). The molecule has 0 aliphatic rings. The Hall–Kier alpha value is -2.19. The Morgan fingerprint density at radius 2 is 2.20 bits per heavy atom. The van der Waals surface area contributed by atoms with Gasteiger partial charge in [-0.2, -0.15) is 5.26 Å². The average Bonchev–Trinajstić information content (AvgIpc) is 2.64. The predicted octanol–water partition coefficient (Wildman–Crippen LogP) is 3.56. The molecule has 102 valence electrons. The Morgan fingerprint density at radius 3 is 2.85 bits per heavy atom. The molecule has 1 heterocycles. The predicted molar refractivity (Wildman–Crippen MR) is 77.2 cm³/mol. The van der Waals surface area contributed by atoms with Gasteiger partial charge in [0.15, 0.2) is 0 Å². The molecule has 2 aromatic rings. The lowest BCUT2D eigenvalue weighted by Crippen LogP contribution is -2.14. The number of rotatable bonds is 3. The van der Waals surface area contributed by atoms with Crippen LogP contribution in [0.15, 0.2) is 24.3 Å². The van der Waals surface area contributed by atoms with Crippen molar-refractivity contribution in [1.29, 1.82) is 5.26 Å². The Kier molecular flexibility index (Phi) is 4.16. The summed E-state index contributed by atoms with van der Waals surface area (Å²) in [6, 6.07) is 8.02. The van der Waals surface area contributed by atoms with Gasteiger partial charge in [0, 0.05) is 4.88 Å². The van der Waals surface area contributed by atoms with Crippen molar-refractivity contribution >= 4 is 22.2 Å². The minimum absolute atomic E-state index is 0.0820. The summed E-state index contributed by atoms with van der Waals surface area (Å²) in [5.74, 6) is -0.621. The zero-order chi connectivity index (χ0) is 14.7. The lowest BCUT2D eigenvalue weighted by atomic mass is 10.1. The van der Waals surface area contributed by atoms with Crippen LogP contribution in [0.1, 0.15) is 21.6 Å². The molecule has 1 aromatic carbocycles. The molecule has 0 saturated heterocycles. The van der Waals surface area contributed by atoms with Gasteiger partial charge in [-0.3, -0.25) is 4.79 Å². The van der Waals surface area contributed by atoms with E-state index in [1.807, 2.05) is 13.8 Å². The highest BCUT2D eigenvalue weighted by atomic mass is 32.1. The zero-order valence-electron chi connectivity index (χ0n) is 11.2. The van der Waals surface area contributed by atoms with Gasteiger partial charge in [-0.1, -0.05) is 12.1 Å². The van der Waals surface area contributed by atoms with Gasteiger partial charge in [-0.25, -0.2) is 4.39 Å². The molecule has 0 saturated carbocycles. The normalized spacial score (nSPS) is 10.1. The number of nitrogens with zero attached hydrogens (tertiary/aromatic N) is 1. The molecule has 20 heavy (non-hydrogen) atoms. The van der Waals surface area contributed by atoms with Gasteiger partial charge in [0.25, 0.3) is 0 Å². The molecule has 0 spiro atoms. The molecule has 5 heteroatoms. The van der Waals surface area contributed by atoms with Crippen molar-refractivity contribution in [2.45, 2.75) is 20.3 Å². The highest BCUT2D eigenvalue weighted by Crippen LogP contribution is 2.31. The second kappa shape index (κ2) is 5.85. The van der Waals surface area contributed by atoms with E-state index in [1.54, 1.807) is 12.1 Å². The van der Waals surface area contributed by atoms with Crippen LogP contribution in [0.5, 0.6) is 0 Å². The van der Waals surface area contributed by atoms with E-state index in [0.29, 0.717) is 16.1 Å². The number of amides is 1. The standard InChI is InChI=1S/C15H13FN2OS/c1-9-10(2)20-15(13(9)8-17)18-14(19)7-11-4-3-5-12(16)6-11/h3-6H,7H2,1-2H3,(H,18,19). The summed E-state index contributed by atoms with van der Waals surface area (Å²) < 4.78 is 13.0. The van der Waals surface area contributed by atoms with Crippen molar-refractivity contribution < 1.29 is 9.18 Å². The molecule has 0 aliphatic carbocycles. The molecule has 0 radical (unpaired) electrons. The van der Waals surface area contributed by atoms with Crippen LogP contribution in [0.25, 0.3) is 0 Å². The van der Waals surface area contributed by atoms with Crippen LogP contribution >= 0.6 is 11.3 Å². The van der Waals surface area contributed by atoms with Crippen molar-refractivity contribution in [3.05, 3.63) is 51.7 Å². The van der Waals surface area contributed by atoms with Gasteiger partial charge in [0.1, 0.15) is 16.9 Å². The first-order chi connectivity index (χ1) is 9.51. The first-order valence-electron chi connectivity index (χ1n) is 6.05. The van der Waals surface area contributed by atoms with E-state index >= 15 is 0 Å². The van der Waals surface area contributed by atoms with E-state index in [-0.39, 0.29) is 18.1 Å². The van der Waals surface area contributed by atoms with Gasteiger partial charge < -0.3 is 5.32 Å². The number of nitriles is 1. The zero-order valence-corrected chi connectivity index (χ0v) is 12.0. The number of benzene rings is 1. The molecule has 3 nitrogen and oxygen atoms in total. The molecular formula is C15H13FN2OS. The summed E-state index contributed by atoms with van der Waals surface area (Å²) in [5.41, 5.74) is 1.99. The van der Waals surface area contributed by atoms with Gasteiger partial charge in [0.05, 0.1) is 12.0 Å². The molecule has 0 aliphatic heterocycles. The van der Waals surface area contributed by atoms with Crippen molar-refractivity contribution in [1.82, 2.24) is 0 Å². The summed E-state index contributed by atoms with van der Waals surface area (Å²) in [6.07, 6.45) is 0.0820. The Bertz CT molecular complexity index is 700. The number of thiophene rings is 1. The van der Waals surface area contributed by atoms with Gasteiger partial charge >= 0.3 is 0 Å². The van der Waals surface area contributed by atoms with E-state index in [2.05, 4.69) is 11.4 Å². The molecule has 0 unspecified atom stereocenters. The summed E-state index contributed by atoms with van der Waals surface area (Å²) in [4.78, 5) is 12.9. The third kappa shape index (κ3) is 3.03. The van der Waals surface area contributed by atoms with Crippen molar-refractivity contribution in [2.24, 2.45) is 0 Å². The summed E-state index contributed by atoms with van der Waals surface area (Å²) >= 11 is 1.38. The monoisotopic (exact) mass is 288 g/mol. The first-order valence-corrected chi connectivity index (χ1v) is 6.87. The van der Waals surface area contributed by atoms with E-state index in [9.17, 15) is 9.18 Å². The molecular weight excluding hydrogens is 275 g/mol. The maximum Gasteiger partial charge on any atom is 0.229 e. The third-order valence-electron chi connectivity index (χ3n) is 3.00. The van der Waals surface area contributed by atoms with E-state index in [1.165, 1.54) is 23.5 Å². The van der Waals surface area contributed by atoms with E-state index < -0.39 is 0 Å². The number of hydrogen-bond acceptors (Lipinski definition) is 3. The van der Waals surface area contributed by atoms with Crippen molar-refractivity contribution in [3.63, 3.8) is 0 Å². The topological polar surface area (TPSA) is 52.9 Å². The molecule has 1 amide bonds. The summed E-state index contributed by atoms with van der Waals surface area (Å²) in [5, 5.41) is 12.4. The Morgan fingerprint density at radius 1 is 1.45 bits per heavy atom. The fourth-order valence-corrected chi connectivity index (χ4v) is 2.88. The maximum atomic E-state index is 13.0. The number of carbonyl (C=O) groups excluding carboxylic acids is 1. The number of nitrogens with one attached hydrogen (secondary N) is 1. The number of carbonyl (C=O) groups is 1. The molecule has 0 atom stereocenters. The van der Waals surface area contributed by atoms with Crippen LogP contribution in [0.4, 0.5) is 9.39 Å². The van der Waals surface area contributed by atoms with Crippen LogP contribution in [-0.4, -0.2) is 5.91 Å². The Balaban J connectivity index is 2.13. The lowest BCUT2D eigenvalue weighted by molar-refractivity contribution is -0.115. The number of halogens is 1. The second-order valence-corrected chi connectivity index (χ2v) is 5.68. The number of aryl methyl sites for hydroxylation is 1. The van der Waals surface area contributed by atoms with Crippen LogP contribution in [0.2, 0.25) is 0 Å². The van der Waals surface area contributed by atoms with Crippen molar-refractivity contribution in [3.8, 4) is 6.07 Å². The largest absolute Gasteiger partial charge is 0.316 e. The minimum atomic E-state index is -0.365.